The fraction of sp³-hybridized carbons (Fsp3) is 0.429. The quantitative estimate of drug-likeness (QED) is 0.600. The van der Waals surface area contributed by atoms with Gasteiger partial charge in [-0.15, -0.1) is 11.3 Å². The number of nitrogens with two attached hydrogens (primary N) is 1. The Morgan fingerprint density at radius 2 is 2.50 bits per heavy atom. The third kappa shape index (κ3) is 1.02. The molecule has 5 heteroatoms. The second-order valence-electron chi connectivity index (χ2n) is 2.79. The van der Waals surface area contributed by atoms with Gasteiger partial charge in [0.1, 0.15) is 6.04 Å². The number of amides is 1. The van der Waals surface area contributed by atoms with E-state index in [1.54, 1.807) is 17.5 Å². The first-order valence-electron chi connectivity index (χ1n) is 3.67. The van der Waals surface area contributed by atoms with E-state index in [-0.39, 0.29) is 18.0 Å². The molecular weight excluding hydrogens is 174 g/mol. The SMILES string of the molecule is Cc1ncc(C2NC(=O)C2N)s1. The summed E-state index contributed by atoms with van der Waals surface area (Å²) < 4.78 is 0. The summed E-state index contributed by atoms with van der Waals surface area (Å²) in [4.78, 5) is 15.9. The van der Waals surface area contributed by atoms with E-state index in [0.29, 0.717) is 0 Å². The van der Waals surface area contributed by atoms with Crippen LogP contribution in [0.4, 0.5) is 0 Å². The number of hydrogen-bond acceptors (Lipinski definition) is 4. The third-order valence-electron chi connectivity index (χ3n) is 1.91. The predicted octanol–water partition coefficient (Wildman–Crippen LogP) is -0.0503. The number of hydrogen-bond donors (Lipinski definition) is 2. The molecule has 3 N–H and O–H groups in total. The van der Waals surface area contributed by atoms with Crippen molar-refractivity contribution in [3.8, 4) is 0 Å². The summed E-state index contributed by atoms with van der Waals surface area (Å²) in [6, 6.07) is -0.395. The zero-order chi connectivity index (χ0) is 8.72. The Hall–Kier alpha value is -0.940. The highest BCUT2D eigenvalue weighted by molar-refractivity contribution is 7.11. The minimum Gasteiger partial charge on any atom is -0.345 e. The summed E-state index contributed by atoms with van der Waals surface area (Å²) in [5, 5.41) is 3.73. The largest absolute Gasteiger partial charge is 0.345 e. The van der Waals surface area contributed by atoms with Gasteiger partial charge in [0.05, 0.1) is 11.0 Å². The molecule has 12 heavy (non-hydrogen) atoms. The van der Waals surface area contributed by atoms with Crippen LogP contribution in [0, 0.1) is 6.92 Å². The molecule has 1 fully saturated rings. The fourth-order valence-corrected chi connectivity index (χ4v) is 2.05. The van der Waals surface area contributed by atoms with Gasteiger partial charge >= 0.3 is 0 Å². The van der Waals surface area contributed by atoms with Crippen molar-refractivity contribution in [3.05, 3.63) is 16.1 Å². The lowest BCUT2D eigenvalue weighted by Gasteiger charge is -2.32. The zero-order valence-electron chi connectivity index (χ0n) is 6.57. The van der Waals surface area contributed by atoms with Gasteiger partial charge in [0, 0.05) is 11.1 Å². The molecule has 2 rings (SSSR count). The average molecular weight is 183 g/mol. The van der Waals surface area contributed by atoms with Crippen LogP contribution in [0.1, 0.15) is 15.9 Å². The van der Waals surface area contributed by atoms with Crippen LogP contribution in [0.15, 0.2) is 6.20 Å². The van der Waals surface area contributed by atoms with Gasteiger partial charge < -0.3 is 11.1 Å². The summed E-state index contributed by atoms with van der Waals surface area (Å²) in [5.74, 6) is -0.0777. The Morgan fingerprint density at radius 3 is 2.92 bits per heavy atom. The van der Waals surface area contributed by atoms with E-state index in [4.69, 9.17) is 5.73 Å². The Balaban J connectivity index is 2.17. The molecule has 2 unspecified atom stereocenters. The van der Waals surface area contributed by atoms with Gasteiger partial charge in [-0.05, 0) is 6.92 Å². The summed E-state index contributed by atoms with van der Waals surface area (Å²) in [6.07, 6.45) is 1.77. The predicted molar refractivity (Wildman–Crippen MR) is 45.7 cm³/mol. The fourth-order valence-electron chi connectivity index (χ4n) is 1.16. The molecule has 1 aromatic heterocycles. The number of carbonyl (C=O) groups is 1. The molecule has 1 amide bonds. The monoisotopic (exact) mass is 183 g/mol. The molecule has 0 spiro atoms. The molecule has 1 aromatic rings. The summed E-state index contributed by atoms with van der Waals surface area (Å²) in [5.41, 5.74) is 5.57. The number of nitrogens with zero attached hydrogens (tertiary/aromatic N) is 1. The number of β-lactam (4-membered cyclic amide) rings is 1. The Kier molecular flexibility index (Phi) is 1.62. The molecule has 64 valence electrons. The first-order chi connectivity index (χ1) is 5.68. The minimum atomic E-state index is -0.384. The van der Waals surface area contributed by atoms with Crippen LogP contribution < -0.4 is 11.1 Å². The van der Waals surface area contributed by atoms with Crippen LogP contribution in [0.25, 0.3) is 0 Å². The van der Waals surface area contributed by atoms with Gasteiger partial charge in [-0.2, -0.15) is 0 Å². The Bertz CT molecular complexity index is 322. The average Bonchev–Trinajstić information content (AvgIpc) is 2.46. The van der Waals surface area contributed by atoms with Crippen LogP contribution in [-0.2, 0) is 4.79 Å². The lowest BCUT2D eigenvalue weighted by Crippen LogP contribution is -2.60. The molecule has 0 bridgehead atoms. The molecule has 1 aliphatic heterocycles. The van der Waals surface area contributed by atoms with E-state index in [2.05, 4.69) is 10.3 Å². The van der Waals surface area contributed by atoms with Crippen molar-refractivity contribution in [1.29, 1.82) is 0 Å². The lowest BCUT2D eigenvalue weighted by molar-refractivity contribution is -0.130. The van der Waals surface area contributed by atoms with E-state index < -0.39 is 0 Å². The molecule has 0 aliphatic carbocycles. The van der Waals surface area contributed by atoms with Crippen molar-refractivity contribution >= 4 is 17.2 Å². The normalized spacial score (nSPS) is 28.0. The number of thiazole rings is 1. The first kappa shape index (κ1) is 7.70. The van der Waals surface area contributed by atoms with Crippen molar-refractivity contribution in [2.45, 2.75) is 19.0 Å². The van der Waals surface area contributed by atoms with Crippen molar-refractivity contribution in [2.24, 2.45) is 5.73 Å². The topological polar surface area (TPSA) is 68.0 Å². The lowest BCUT2D eigenvalue weighted by atomic mass is 9.99. The highest BCUT2D eigenvalue weighted by atomic mass is 32.1. The van der Waals surface area contributed by atoms with E-state index in [1.807, 2.05) is 6.92 Å². The number of aromatic nitrogens is 1. The van der Waals surface area contributed by atoms with E-state index in [1.165, 1.54) is 0 Å². The van der Waals surface area contributed by atoms with Gasteiger partial charge in [-0.25, -0.2) is 4.98 Å². The van der Waals surface area contributed by atoms with Crippen molar-refractivity contribution < 1.29 is 4.79 Å². The highest BCUT2D eigenvalue weighted by Crippen LogP contribution is 2.27. The van der Waals surface area contributed by atoms with Crippen LogP contribution in [0.3, 0.4) is 0 Å². The van der Waals surface area contributed by atoms with Crippen LogP contribution >= 0.6 is 11.3 Å². The maximum Gasteiger partial charge on any atom is 0.240 e. The van der Waals surface area contributed by atoms with E-state index in [0.717, 1.165) is 9.88 Å². The van der Waals surface area contributed by atoms with Crippen LogP contribution in [-0.4, -0.2) is 16.9 Å². The van der Waals surface area contributed by atoms with Crippen LogP contribution in [0.5, 0.6) is 0 Å². The van der Waals surface area contributed by atoms with Crippen molar-refractivity contribution in [2.75, 3.05) is 0 Å². The first-order valence-corrected chi connectivity index (χ1v) is 4.48. The molecule has 2 heterocycles. The van der Waals surface area contributed by atoms with Crippen molar-refractivity contribution in [3.63, 3.8) is 0 Å². The molecule has 1 saturated heterocycles. The molecule has 0 aromatic carbocycles. The van der Waals surface area contributed by atoms with Gasteiger partial charge in [0.15, 0.2) is 0 Å². The molecular formula is C7H9N3OS. The van der Waals surface area contributed by atoms with Gasteiger partial charge in [-0.1, -0.05) is 0 Å². The summed E-state index contributed by atoms with van der Waals surface area (Å²) in [6.45, 7) is 1.93. The second kappa shape index (κ2) is 2.53. The van der Waals surface area contributed by atoms with E-state index >= 15 is 0 Å². The maximum absolute atomic E-state index is 10.8. The number of nitrogens with one attached hydrogen (secondary N) is 1. The van der Waals surface area contributed by atoms with E-state index in [9.17, 15) is 4.79 Å². The number of carbonyl (C=O) groups excluding carboxylic acids is 1. The smallest absolute Gasteiger partial charge is 0.240 e. The molecule has 4 nitrogen and oxygen atoms in total. The minimum absolute atomic E-state index is 0.0105. The number of aryl methyl sites for hydroxylation is 1. The molecule has 0 radical (unpaired) electrons. The summed E-state index contributed by atoms with van der Waals surface area (Å²) >= 11 is 1.57. The van der Waals surface area contributed by atoms with Crippen LogP contribution in [0.2, 0.25) is 0 Å². The third-order valence-corrected chi connectivity index (χ3v) is 2.90. The van der Waals surface area contributed by atoms with Gasteiger partial charge in [-0.3, -0.25) is 4.79 Å². The van der Waals surface area contributed by atoms with Gasteiger partial charge in [0.2, 0.25) is 5.91 Å². The molecule has 0 saturated carbocycles. The van der Waals surface area contributed by atoms with Crippen molar-refractivity contribution in [1.82, 2.24) is 10.3 Å². The molecule has 1 aliphatic rings. The van der Waals surface area contributed by atoms with Gasteiger partial charge in [0.25, 0.3) is 0 Å². The highest BCUT2D eigenvalue weighted by Gasteiger charge is 2.38. The standard InChI is InChI=1S/C7H9N3OS/c1-3-9-2-4(12-3)6-5(8)7(11)10-6/h2,5-6H,8H2,1H3,(H,10,11). The Morgan fingerprint density at radius 1 is 1.75 bits per heavy atom. The number of rotatable bonds is 1. The summed E-state index contributed by atoms with van der Waals surface area (Å²) in [7, 11) is 0. The zero-order valence-corrected chi connectivity index (χ0v) is 7.39. The second-order valence-corrected chi connectivity index (χ2v) is 4.06. The Labute approximate surface area is 73.8 Å². The molecule has 2 atom stereocenters. The maximum atomic E-state index is 10.8.